The van der Waals surface area contributed by atoms with Crippen LogP contribution in [-0.2, 0) is 0 Å². The number of fused-ring (bicyclic) bond motifs is 1. The number of halogens is 1. The monoisotopic (exact) mass is 387 g/mol. The topological polar surface area (TPSA) is 91.9 Å². The summed E-state index contributed by atoms with van der Waals surface area (Å²) in [6, 6.07) is 3.66. The van der Waals surface area contributed by atoms with E-state index in [-0.39, 0.29) is 12.3 Å². The Morgan fingerprint density at radius 1 is 1.41 bits per heavy atom. The molecule has 4 N–H and O–H groups in total. The molecular weight excluding hydrogens is 374 g/mol. The van der Waals surface area contributed by atoms with Crippen LogP contribution in [-0.4, -0.2) is 35.2 Å². The lowest BCUT2D eigenvalue weighted by molar-refractivity contribution is 0.174. The van der Waals surface area contributed by atoms with E-state index in [0.29, 0.717) is 28.8 Å². The van der Waals surface area contributed by atoms with E-state index in [9.17, 15) is 4.79 Å². The van der Waals surface area contributed by atoms with Crippen molar-refractivity contribution in [1.29, 1.82) is 0 Å². The van der Waals surface area contributed by atoms with E-state index in [2.05, 4.69) is 31.9 Å². The summed E-state index contributed by atoms with van der Waals surface area (Å²) >= 11 is 8.77. The van der Waals surface area contributed by atoms with Gasteiger partial charge in [0.05, 0.1) is 5.54 Å². The van der Waals surface area contributed by atoms with Gasteiger partial charge in [0.25, 0.3) is 0 Å². The van der Waals surface area contributed by atoms with Crippen LogP contribution in [0.5, 0.6) is 11.5 Å². The maximum Gasteiger partial charge on any atom is 0.404 e. The number of thiocarbonyl (C=S) groups is 1. The fourth-order valence-electron chi connectivity index (χ4n) is 2.19. The molecule has 1 heterocycles. The summed E-state index contributed by atoms with van der Waals surface area (Å²) in [6.45, 7) is 0.491. The third-order valence-electron chi connectivity index (χ3n) is 3.54. The molecule has 118 valence electrons. The molecule has 1 aromatic carbocycles. The quantitative estimate of drug-likeness (QED) is 0.588. The lowest BCUT2D eigenvalue weighted by Crippen LogP contribution is -2.47. The van der Waals surface area contributed by atoms with E-state index in [1.807, 2.05) is 12.1 Å². The predicted molar refractivity (Wildman–Crippen MR) is 87.6 cm³/mol. The Balaban J connectivity index is 1.66. The van der Waals surface area contributed by atoms with E-state index in [0.717, 1.165) is 17.3 Å². The zero-order valence-corrected chi connectivity index (χ0v) is 13.8. The first-order chi connectivity index (χ1) is 10.5. The molecule has 9 heteroatoms. The largest absolute Gasteiger partial charge is 0.465 e. The molecule has 2 aliphatic rings. The standard InChI is InChI=1S/C13H14BrN3O4S/c14-7-1-2-8-10(21-6-20-8)9(7)16-11(22)17-13(3-4-13)5-15-12(18)19/h1-2,15H,3-6H2,(H,18,19)(H2,16,17,22). The van der Waals surface area contributed by atoms with Gasteiger partial charge in [0.15, 0.2) is 16.6 Å². The van der Waals surface area contributed by atoms with Crippen molar-refractivity contribution < 1.29 is 19.4 Å². The molecule has 7 nitrogen and oxygen atoms in total. The van der Waals surface area contributed by atoms with Crippen LogP contribution in [0.1, 0.15) is 12.8 Å². The first-order valence-corrected chi connectivity index (χ1v) is 7.83. The Bertz CT molecular complexity index is 636. The van der Waals surface area contributed by atoms with E-state index >= 15 is 0 Å². The summed E-state index contributed by atoms with van der Waals surface area (Å²) in [6.07, 6.45) is 0.687. The first-order valence-electron chi connectivity index (χ1n) is 6.63. The van der Waals surface area contributed by atoms with Gasteiger partial charge < -0.3 is 30.5 Å². The highest BCUT2D eigenvalue weighted by molar-refractivity contribution is 9.10. The van der Waals surface area contributed by atoms with Crippen LogP contribution in [0.4, 0.5) is 10.5 Å². The number of benzene rings is 1. The van der Waals surface area contributed by atoms with Crippen LogP contribution in [0, 0.1) is 0 Å². The Hall–Kier alpha value is -1.74. The van der Waals surface area contributed by atoms with Gasteiger partial charge in [-0.3, -0.25) is 0 Å². The van der Waals surface area contributed by atoms with Crippen LogP contribution < -0.4 is 25.4 Å². The first kappa shape index (κ1) is 15.2. The maximum absolute atomic E-state index is 10.6. The van der Waals surface area contributed by atoms with Crippen LogP contribution in [0.2, 0.25) is 0 Å². The second-order valence-corrected chi connectivity index (χ2v) is 6.44. The molecule has 1 saturated carbocycles. The summed E-state index contributed by atoms with van der Waals surface area (Å²) in [5.41, 5.74) is 0.388. The Kier molecular flexibility index (Phi) is 4.00. The van der Waals surface area contributed by atoms with Gasteiger partial charge in [-0.1, -0.05) is 0 Å². The summed E-state index contributed by atoms with van der Waals surface area (Å²) in [7, 11) is 0. The average molecular weight is 388 g/mol. The van der Waals surface area contributed by atoms with E-state index in [1.54, 1.807) is 0 Å². The van der Waals surface area contributed by atoms with Gasteiger partial charge in [-0.05, 0) is 53.1 Å². The molecule has 0 saturated heterocycles. The third kappa shape index (κ3) is 3.20. The molecule has 0 unspecified atom stereocenters. The summed E-state index contributed by atoms with van der Waals surface area (Å²) in [5.74, 6) is 1.26. The smallest absolute Gasteiger partial charge is 0.404 e. The number of hydrogen-bond donors (Lipinski definition) is 4. The Morgan fingerprint density at radius 2 is 2.18 bits per heavy atom. The molecular formula is C13H14BrN3O4S. The normalized spacial score (nSPS) is 16.8. The van der Waals surface area contributed by atoms with Gasteiger partial charge >= 0.3 is 6.09 Å². The van der Waals surface area contributed by atoms with E-state index < -0.39 is 6.09 Å². The van der Waals surface area contributed by atoms with Crippen molar-refractivity contribution in [2.45, 2.75) is 18.4 Å². The minimum atomic E-state index is -1.04. The van der Waals surface area contributed by atoms with Crippen molar-refractivity contribution >= 4 is 45.0 Å². The molecule has 0 bridgehead atoms. The Morgan fingerprint density at radius 3 is 2.86 bits per heavy atom. The van der Waals surface area contributed by atoms with Crippen LogP contribution in [0.25, 0.3) is 0 Å². The summed E-state index contributed by atoms with van der Waals surface area (Å²) in [5, 5.41) is 17.7. The number of carboxylic acid groups (broad SMARTS) is 1. The highest BCUT2D eigenvalue weighted by atomic mass is 79.9. The molecule has 0 radical (unpaired) electrons. The molecule has 0 aromatic heterocycles. The van der Waals surface area contributed by atoms with Crippen molar-refractivity contribution in [3.05, 3.63) is 16.6 Å². The lowest BCUT2D eigenvalue weighted by Gasteiger charge is -2.20. The molecule has 0 spiro atoms. The zero-order chi connectivity index (χ0) is 15.7. The minimum absolute atomic E-state index is 0.174. The van der Waals surface area contributed by atoms with Gasteiger partial charge in [0.2, 0.25) is 6.79 Å². The number of anilines is 1. The molecule has 1 fully saturated rings. The molecule has 1 aliphatic heterocycles. The molecule has 1 aromatic rings. The summed E-state index contributed by atoms with van der Waals surface area (Å²) < 4.78 is 11.6. The van der Waals surface area contributed by atoms with Gasteiger partial charge in [0, 0.05) is 11.0 Å². The number of hydrogen-bond acceptors (Lipinski definition) is 4. The molecule has 1 amide bonds. The minimum Gasteiger partial charge on any atom is -0.465 e. The van der Waals surface area contributed by atoms with Crippen molar-refractivity contribution in [3.8, 4) is 11.5 Å². The van der Waals surface area contributed by atoms with E-state index in [1.165, 1.54) is 0 Å². The maximum atomic E-state index is 10.6. The zero-order valence-electron chi connectivity index (χ0n) is 11.4. The number of carbonyl (C=O) groups is 1. The fraction of sp³-hybridized carbons (Fsp3) is 0.385. The SMILES string of the molecule is O=C(O)NCC1(NC(=S)Nc2c(Br)ccc3c2OCO3)CC1. The number of nitrogens with one attached hydrogen (secondary N) is 3. The lowest BCUT2D eigenvalue weighted by atomic mass is 10.2. The summed E-state index contributed by atoms with van der Waals surface area (Å²) in [4.78, 5) is 10.6. The second-order valence-electron chi connectivity index (χ2n) is 5.17. The molecule has 0 atom stereocenters. The van der Waals surface area contributed by atoms with Gasteiger partial charge in [-0.15, -0.1) is 0 Å². The number of rotatable bonds is 4. The molecule has 3 rings (SSSR count). The second kappa shape index (κ2) is 5.81. The van der Waals surface area contributed by atoms with Crippen LogP contribution in [0.15, 0.2) is 16.6 Å². The van der Waals surface area contributed by atoms with Crippen molar-refractivity contribution in [2.75, 3.05) is 18.7 Å². The number of ether oxygens (including phenoxy) is 2. The van der Waals surface area contributed by atoms with Gasteiger partial charge in [-0.25, -0.2) is 4.79 Å². The van der Waals surface area contributed by atoms with Crippen molar-refractivity contribution in [3.63, 3.8) is 0 Å². The fourth-order valence-corrected chi connectivity index (χ4v) is 2.92. The van der Waals surface area contributed by atoms with Gasteiger partial charge in [0.1, 0.15) is 5.69 Å². The molecule has 22 heavy (non-hydrogen) atoms. The van der Waals surface area contributed by atoms with Crippen LogP contribution >= 0.6 is 28.1 Å². The highest BCUT2D eigenvalue weighted by Crippen LogP contribution is 2.43. The van der Waals surface area contributed by atoms with Gasteiger partial charge in [-0.2, -0.15) is 0 Å². The van der Waals surface area contributed by atoms with Crippen molar-refractivity contribution in [2.24, 2.45) is 0 Å². The van der Waals surface area contributed by atoms with E-state index in [4.69, 9.17) is 26.8 Å². The Labute approximate surface area is 140 Å². The highest BCUT2D eigenvalue weighted by Gasteiger charge is 2.43. The van der Waals surface area contributed by atoms with Crippen molar-refractivity contribution in [1.82, 2.24) is 10.6 Å². The van der Waals surface area contributed by atoms with Crippen LogP contribution in [0.3, 0.4) is 0 Å². The average Bonchev–Trinajstić information content (AvgIpc) is 3.05. The third-order valence-corrected chi connectivity index (χ3v) is 4.40. The number of amides is 1. The predicted octanol–water partition coefficient (Wildman–Crippen LogP) is 2.26. The molecule has 1 aliphatic carbocycles.